The Morgan fingerprint density at radius 3 is 2.60 bits per heavy atom. The highest BCUT2D eigenvalue weighted by molar-refractivity contribution is 5.48. The van der Waals surface area contributed by atoms with Crippen LogP contribution in [0.25, 0.3) is 0 Å². The van der Waals surface area contributed by atoms with Crippen molar-refractivity contribution in [2.75, 3.05) is 18.5 Å². The van der Waals surface area contributed by atoms with Crippen molar-refractivity contribution in [2.24, 2.45) is 0 Å². The number of aliphatic hydroxyl groups is 1. The molecule has 1 N–H and O–H groups in total. The van der Waals surface area contributed by atoms with Crippen LogP contribution in [-0.2, 0) is 0 Å². The summed E-state index contributed by atoms with van der Waals surface area (Å²) in [6.07, 6.45) is 0.360. The largest absolute Gasteiger partial charge is 0.389 e. The number of hydrogen-bond acceptors (Lipinski definition) is 2. The number of halogens is 1. The van der Waals surface area contributed by atoms with Gasteiger partial charge in [0.15, 0.2) is 0 Å². The second-order valence-electron chi connectivity index (χ2n) is 3.81. The molecule has 1 unspecified atom stereocenters. The minimum atomic E-state index is -0.620. The second kappa shape index (κ2) is 5.12. The molecule has 84 valence electrons. The highest BCUT2D eigenvalue weighted by atomic mass is 19.1. The van der Waals surface area contributed by atoms with Crippen molar-refractivity contribution < 1.29 is 9.50 Å². The molecule has 0 aliphatic heterocycles. The van der Waals surface area contributed by atoms with Crippen molar-refractivity contribution in [3.63, 3.8) is 0 Å². The molecule has 0 fully saturated rings. The third-order valence-corrected chi connectivity index (χ3v) is 2.42. The molecular formula is C12H18FNO. The Morgan fingerprint density at radius 2 is 2.13 bits per heavy atom. The summed E-state index contributed by atoms with van der Waals surface area (Å²) in [6.45, 7) is 4.51. The minimum absolute atomic E-state index is 0.274. The molecule has 15 heavy (non-hydrogen) atoms. The molecule has 0 aliphatic rings. The van der Waals surface area contributed by atoms with Crippen LogP contribution >= 0.6 is 0 Å². The topological polar surface area (TPSA) is 23.5 Å². The van der Waals surface area contributed by atoms with Crippen molar-refractivity contribution in [1.29, 1.82) is 0 Å². The molecule has 0 amide bonds. The lowest BCUT2D eigenvalue weighted by Gasteiger charge is -2.19. The standard InChI is InChI=1S/C12H18FNO/c1-4-7-14(3)12-6-5-10(9(2)15)8-11(12)13/h5-6,8-9,15H,4,7H2,1-3H3. The van der Waals surface area contributed by atoms with Crippen molar-refractivity contribution >= 4 is 5.69 Å². The van der Waals surface area contributed by atoms with Gasteiger partial charge in [-0.05, 0) is 31.0 Å². The molecule has 1 atom stereocenters. The van der Waals surface area contributed by atoms with E-state index in [2.05, 4.69) is 6.92 Å². The van der Waals surface area contributed by atoms with Gasteiger partial charge in [0.25, 0.3) is 0 Å². The zero-order valence-electron chi connectivity index (χ0n) is 9.50. The van der Waals surface area contributed by atoms with E-state index in [9.17, 15) is 9.50 Å². The van der Waals surface area contributed by atoms with Gasteiger partial charge in [0.2, 0.25) is 0 Å². The van der Waals surface area contributed by atoms with Crippen molar-refractivity contribution in [2.45, 2.75) is 26.4 Å². The van der Waals surface area contributed by atoms with E-state index < -0.39 is 6.10 Å². The molecule has 0 spiro atoms. The average Bonchev–Trinajstić information content (AvgIpc) is 2.17. The molecular weight excluding hydrogens is 193 g/mol. The van der Waals surface area contributed by atoms with E-state index in [4.69, 9.17) is 0 Å². The first-order valence-electron chi connectivity index (χ1n) is 5.25. The van der Waals surface area contributed by atoms with Crippen LogP contribution in [-0.4, -0.2) is 18.7 Å². The highest BCUT2D eigenvalue weighted by Gasteiger charge is 2.09. The number of benzene rings is 1. The predicted molar refractivity (Wildman–Crippen MR) is 60.6 cm³/mol. The molecule has 2 nitrogen and oxygen atoms in total. The van der Waals surface area contributed by atoms with Gasteiger partial charge >= 0.3 is 0 Å². The maximum absolute atomic E-state index is 13.6. The van der Waals surface area contributed by atoms with Crippen LogP contribution in [0.1, 0.15) is 31.9 Å². The number of nitrogens with zero attached hydrogens (tertiary/aromatic N) is 1. The van der Waals surface area contributed by atoms with Gasteiger partial charge in [0.05, 0.1) is 11.8 Å². The quantitative estimate of drug-likeness (QED) is 0.827. The van der Waals surface area contributed by atoms with E-state index in [1.54, 1.807) is 19.1 Å². The zero-order chi connectivity index (χ0) is 11.4. The van der Waals surface area contributed by atoms with Gasteiger partial charge in [-0.2, -0.15) is 0 Å². The summed E-state index contributed by atoms with van der Waals surface area (Å²) in [5.74, 6) is -0.274. The zero-order valence-corrected chi connectivity index (χ0v) is 9.50. The highest BCUT2D eigenvalue weighted by Crippen LogP contribution is 2.22. The first kappa shape index (κ1) is 12.0. The van der Waals surface area contributed by atoms with Gasteiger partial charge in [-0.3, -0.25) is 0 Å². The molecule has 0 aliphatic carbocycles. The number of anilines is 1. The van der Waals surface area contributed by atoms with Gasteiger partial charge in [-0.25, -0.2) is 4.39 Å². The Morgan fingerprint density at radius 1 is 1.47 bits per heavy atom. The summed E-state index contributed by atoms with van der Waals surface area (Å²) in [5.41, 5.74) is 1.20. The van der Waals surface area contributed by atoms with Crippen LogP contribution in [0.5, 0.6) is 0 Å². The monoisotopic (exact) mass is 211 g/mol. The maximum atomic E-state index is 13.6. The normalized spacial score (nSPS) is 12.6. The molecule has 0 radical (unpaired) electrons. The Hall–Kier alpha value is -1.09. The van der Waals surface area contributed by atoms with Crippen LogP contribution in [0.4, 0.5) is 10.1 Å². The van der Waals surface area contributed by atoms with Crippen LogP contribution in [0.15, 0.2) is 18.2 Å². The molecule has 1 rings (SSSR count). The number of rotatable bonds is 4. The fraction of sp³-hybridized carbons (Fsp3) is 0.500. The van der Waals surface area contributed by atoms with E-state index in [-0.39, 0.29) is 5.82 Å². The first-order chi connectivity index (χ1) is 7.06. The Bertz CT molecular complexity index is 325. The van der Waals surface area contributed by atoms with Crippen molar-refractivity contribution in [1.82, 2.24) is 0 Å². The number of hydrogen-bond donors (Lipinski definition) is 1. The summed E-state index contributed by atoms with van der Waals surface area (Å²) in [5, 5.41) is 9.30. The molecule has 0 saturated carbocycles. The fourth-order valence-electron chi connectivity index (χ4n) is 1.55. The van der Waals surface area contributed by atoms with Crippen LogP contribution < -0.4 is 4.90 Å². The smallest absolute Gasteiger partial charge is 0.146 e. The lowest BCUT2D eigenvalue weighted by atomic mass is 10.1. The molecule has 0 heterocycles. The predicted octanol–water partition coefficient (Wildman–Crippen LogP) is 2.73. The van der Waals surface area contributed by atoms with Crippen LogP contribution in [0, 0.1) is 5.82 Å². The van der Waals surface area contributed by atoms with Crippen LogP contribution in [0.2, 0.25) is 0 Å². The lowest BCUT2D eigenvalue weighted by Crippen LogP contribution is -2.19. The molecule has 0 aromatic heterocycles. The Labute approximate surface area is 90.3 Å². The molecule has 1 aromatic rings. The Balaban J connectivity index is 2.92. The van der Waals surface area contributed by atoms with Gasteiger partial charge in [0, 0.05) is 13.6 Å². The maximum Gasteiger partial charge on any atom is 0.146 e. The molecule has 0 saturated heterocycles. The van der Waals surface area contributed by atoms with Crippen LogP contribution in [0.3, 0.4) is 0 Å². The van der Waals surface area contributed by atoms with E-state index in [0.717, 1.165) is 13.0 Å². The van der Waals surface area contributed by atoms with E-state index in [0.29, 0.717) is 11.3 Å². The van der Waals surface area contributed by atoms with E-state index in [1.165, 1.54) is 6.07 Å². The summed E-state index contributed by atoms with van der Waals surface area (Å²) in [4.78, 5) is 1.88. The molecule has 1 aromatic carbocycles. The average molecular weight is 211 g/mol. The third-order valence-electron chi connectivity index (χ3n) is 2.42. The van der Waals surface area contributed by atoms with E-state index >= 15 is 0 Å². The minimum Gasteiger partial charge on any atom is -0.389 e. The first-order valence-corrected chi connectivity index (χ1v) is 5.25. The van der Waals surface area contributed by atoms with E-state index in [1.807, 2.05) is 11.9 Å². The summed E-state index contributed by atoms with van der Waals surface area (Å²) < 4.78 is 13.6. The van der Waals surface area contributed by atoms with Gasteiger partial charge in [-0.1, -0.05) is 13.0 Å². The van der Waals surface area contributed by atoms with Gasteiger partial charge in [0.1, 0.15) is 5.82 Å². The fourth-order valence-corrected chi connectivity index (χ4v) is 1.55. The molecule has 0 bridgehead atoms. The summed E-state index contributed by atoms with van der Waals surface area (Å²) in [6, 6.07) is 4.87. The SMILES string of the molecule is CCCN(C)c1ccc(C(C)O)cc1F. The Kier molecular flexibility index (Phi) is 4.09. The lowest BCUT2D eigenvalue weighted by molar-refractivity contribution is 0.199. The van der Waals surface area contributed by atoms with Crippen molar-refractivity contribution in [3.05, 3.63) is 29.6 Å². The summed E-state index contributed by atoms with van der Waals surface area (Å²) >= 11 is 0. The molecule has 3 heteroatoms. The second-order valence-corrected chi connectivity index (χ2v) is 3.81. The third kappa shape index (κ3) is 2.93. The van der Waals surface area contributed by atoms with Gasteiger partial charge in [-0.15, -0.1) is 0 Å². The number of aliphatic hydroxyl groups excluding tert-OH is 1. The van der Waals surface area contributed by atoms with Crippen molar-refractivity contribution in [3.8, 4) is 0 Å². The van der Waals surface area contributed by atoms with Gasteiger partial charge < -0.3 is 10.0 Å². The summed E-state index contributed by atoms with van der Waals surface area (Å²) in [7, 11) is 1.87.